The minimum Gasteiger partial charge on any atom is -0.465 e. The Morgan fingerprint density at radius 2 is 2.50 bits per heavy atom. The summed E-state index contributed by atoms with van der Waals surface area (Å²) in [6.07, 6.45) is -0.0629. The van der Waals surface area contributed by atoms with Gasteiger partial charge in [-0.25, -0.2) is 4.79 Å². The Labute approximate surface area is 75.2 Å². The molecule has 66 valence electrons. The Balaban J connectivity index is 2.31. The number of hydrogen-bond acceptors (Lipinski definition) is 2. The molecule has 1 aromatic heterocycles. The van der Waals surface area contributed by atoms with E-state index in [1.54, 1.807) is 18.4 Å². The number of carboxylic acid groups (broad SMARTS) is 1. The average Bonchev–Trinajstić information content (AvgIpc) is 2.51. The SMILES string of the molecule is CN(CCc1cccs1)C(=O)O. The maximum atomic E-state index is 10.4. The minimum absolute atomic E-state index is 0.565. The van der Waals surface area contributed by atoms with Gasteiger partial charge in [0.05, 0.1) is 0 Å². The zero-order chi connectivity index (χ0) is 8.97. The van der Waals surface area contributed by atoms with E-state index in [9.17, 15) is 4.79 Å². The number of rotatable bonds is 3. The van der Waals surface area contributed by atoms with Crippen LogP contribution in [0.3, 0.4) is 0 Å². The number of nitrogens with zero attached hydrogens (tertiary/aromatic N) is 1. The highest BCUT2D eigenvalue weighted by Gasteiger charge is 2.04. The fourth-order valence-electron chi connectivity index (χ4n) is 0.828. The molecule has 0 radical (unpaired) electrons. The summed E-state index contributed by atoms with van der Waals surface area (Å²) in [6, 6.07) is 3.99. The summed E-state index contributed by atoms with van der Waals surface area (Å²) >= 11 is 1.66. The van der Waals surface area contributed by atoms with E-state index in [0.29, 0.717) is 6.54 Å². The van der Waals surface area contributed by atoms with Crippen molar-refractivity contribution in [2.45, 2.75) is 6.42 Å². The Hall–Kier alpha value is -1.03. The molecule has 1 rings (SSSR count). The van der Waals surface area contributed by atoms with Gasteiger partial charge in [0.1, 0.15) is 0 Å². The summed E-state index contributed by atoms with van der Waals surface area (Å²) in [4.78, 5) is 12.9. The van der Waals surface area contributed by atoms with E-state index in [1.807, 2.05) is 17.5 Å². The van der Waals surface area contributed by atoms with E-state index in [-0.39, 0.29) is 0 Å². The molecule has 1 amide bonds. The fourth-order valence-corrected chi connectivity index (χ4v) is 1.53. The molecule has 0 atom stereocenters. The molecule has 0 saturated heterocycles. The summed E-state index contributed by atoms with van der Waals surface area (Å²) < 4.78 is 0. The van der Waals surface area contributed by atoms with Gasteiger partial charge in [-0.05, 0) is 17.9 Å². The fraction of sp³-hybridized carbons (Fsp3) is 0.375. The minimum atomic E-state index is -0.869. The molecule has 4 heteroatoms. The van der Waals surface area contributed by atoms with Crippen molar-refractivity contribution in [1.29, 1.82) is 0 Å². The van der Waals surface area contributed by atoms with Gasteiger partial charge in [-0.2, -0.15) is 0 Å². The molecule has 0 spiro atoms. The molecule has 0 aromatic carbocycles. The van der Waals surface area contributed by atoms with Crippen molar-refractivity contribution >= 4 is 17.4 Å². The number of carbonyl (C=O) groups is 1. The molecule has 0 aliphatic carbocycles. The van der Waals surface area contributed by atoms with Crippen LogP contribution in [0.15, 0.2) is 17.5 Å². The van der Waals surface area contributed by atoms with Gasteiger partial charge in [-0.1, -0.05) is 6.07 Å². The molecule has 0 fully saturated rings. The second-order valence-electron chi connectivity index (χ2n) is 2.53. The Kier molecular flexibility index (Phi) is 3.10. The maximum Gasteiger partial charge on any atom is 0.407 e. The highest BCUT2D eigenvalue weighted by Crippen LogP contribution is 2.09. The smallest absolute Gasteiger partial charge is 0.407 e. The van der Waals surface area contributed by atoms with Crippen LogP contribution in [0.2, 0.25) is 0 Å². The molecular formula is C8H11NO2S. The summed E-state index contributed by atoms with van der Waals surface area (Å²) in [5.74, 6) is 0. The lowest BCUT2D eigenvalue weighted by Crippen LogP contribution is -2.26. The van der Waals surface area contributed by atoms with Crippen molar-refractivity contribution in [3.05, 3.63) is 22.4 Å². The first-order valence-electron chi connectivity index (χ1n) is 3.66. The van der Waals surface area contributed by atoms with Gasteiger partial charge in [0.25, 0.3) is 0 Å². The van der Waals surface area contributed by atoms with Crippen LogP contribution in [0.25, 0.3) is 0 Å². The van der Waals surface area contributed by atoms with Gasteiger partial charge in [0.15, 0.2) is 0 Å². The molecule has 0 saturated carbocycles. The van der Waals surface area contributed by atoms with E-state index in [0.717, 1.165) is 6.42 Å². The van der Waals surface area contributed by atoms with Crippen LogP contribution in [0, 0.1) is 0 Å². The molecule has 0 aliphatic rings. The quantitative estimate of drug-likeness (QED) is 0.781. The molecule has 3 nitrogen and oxygen atoms in total. The lowest BCUT2D eigenvalue weighted by Gasteiger charge is -2.10. The molecular weight excluding hydrogens is 174 g/mol. The molecule has 1 N–H and O–H groups in total. The van der Waals surface area contributed by atoms with Crippen LogP contribution in [0.1, 0.15) is 4.88 Å². The molecule has 1 aromatic rings. The highest BCUT2D eigenvalue weighted by atomic mass is 32.1. The Morgan fingerprint density at radius 3 is 3.00 bits per heavy atom. The van der Waals surface area contributed by atoms with Gasteiger partial charge in [0, 0.05) is 18.5 Å². The number of likely N-dealkylation sites (N-methyl/N-ethyl adjacent to an activating group) is 1. The normalized spacial score (nSPS) is 9.75. The first-order valence-corrected chi connectivity index (χ1v) is 4.54. The molecule has 0 unspecified atom stereocenters. The lowest BCUT2D eigenvalue weighted by molar-refractivity contribution is 0.156. The first kappa shape index (κ1) is 9.06. The molecule has 0 aliphatic heterocycles. The summed E-state index contributed by atoms with van der Waals surface area (Å²) in [6.45, 7) is 0.565. The third kappa shape index (κ3) is 2.54. The predicted octanol–water partition coefficient (Wildman–Crippen LogP) is 1.90. The van der Waals surface area contributed by atoms with E-state index in [2.05, 4.69) is 0 Å². The van der Waals surface area contributed by atoms with Crippen molar-refractivity contribution in [3.8, 4) is 0 Å². The second kappa shape index (κ2) is 4.11. The van der Waals surface area contributed by atoms with E-state index < -0.39 is 6.09 Å². The molecule has 0 bridgehead atoms. The largest absolute Gasteiger partial charge is 0.465 e. The van der Waals surface area contributed by atoms with Crippen molar-refractivity contribution in [1.82, 2.24) is 4.90 Å². The van der Waals surface area contributed by atoms with Crippen LogP contribution in [-0.2, 0) is 6.42 Å². The van der Waals surface area contributed by atoms with Crippen LogP contribution in [0.5, 0.6) is 0 Å². The highest BCUT2D eigenvalue weighted by molar-refractivity contribution is 7.09. The Bertz CT molecular complexity index is 246. The third-order valence-electron chi connectivity index (χ3n) is 1.60. The standard InChI is InChI=1S/C8H11NO2S/c1-9(8(10)11)5-4-7-3-2-6-12-7/h2-3,6H,4-5H2,1H3,(H,10,11). The Morgan fingerprint density at radius 1 is 1.75 bits per heavy atom. The summed E-state index contributed by atoms with van der Waals surface area (Å²) in [5.41, 5.74) is 0. The van der Waals surface area contributed by atoms with Crippen molar-refractivity contribution in [2.75, 3.05) is 13.6 Å². The predicted molar refractivity (Wildman–Crippen MR) is 48.7 cm³/mol. The number of hydrogen-bond donors (Lipinski definition) is 1. The third-order valence-corrected chi connectivity index (χ3v) is 2.54. The monoisotopic (exact) mass is 185 g/mol. The zero-order valence-corrected chi connectivity index (χ0v) is 7.67. The first-order chi connectivity index (χ1) is 5.70. The van der Waals surface area contributed by atoms with Gasteiger partial charge in [0.2, 0.25) is 0 Å². The van der Waals surface area contributed by atoms with Crippen LogP contribution >= 0.6 is 11.3 Å². The maximum absolute atomic E-state index is 10.4. The lowest BCUT2D eigenvalue weighted by atomic mass is 10.3. The van der Waals surface area contributed by atoms with Crippen LogP contribution < -0.4 is 0 Å². The van der Waals surface area contributed by atoms with Gasteiger partial charge >= 0.3 is 6.09 Å². The van der Waals surface area contributed by atoms with E-state index >= 15 is 0 Å². The van der Waals surface area contributed by atoms with Crippen molar-refractivity contribution in [2.24, 2.45) is 0 Å². The van der Waals surface area contributed by atoms with Gasteiger partial charge in [-0.3, -0.25) is 0 Å². The van der Waals surface area contributed by atoms with Crippen molar-refractivity contribution < 1.29 is 9.90 Å². The molecule has 1 heterocycles. The second-order valence-corrected chi connectivity index (χ2v) is 3.57. The van der Waals surface area contributed by atoms with Gasteiger partial charge < -0.3 is 10.0 Å². The number of thiophene rings is 1. The topological polar surface area (TPSA) is 40.5 Å². The van der Waals surface area contributed by atoms with Crippen molar-refractivity contribution in [3.63, 3.8) is 0 Å². The zero-order valence-electron chi connectivity index (χ0n) is 6.86. The number of amides is 1. The van der Waals surface area contributed by atoms with E-state index in [1.165, 1.54) is 9.78 Å². The van der Waals surface area contributed by atoms with Crippen LogP contribution in [0.4, 0.5) is 4.79 Å². The summed E-state index contributed by atoms with van der Waals surface area (Å²) in [7, 11) is 1.58. The van der Waals surface area contributed by atoms with E-state index in [4.69, 9.17) is 5.11 Å². The summed E-state index contributed by atoms with van der Waals surface area (Å²) in [5, 5.41) is 10.5. The molecule has 12 heavy (non-hydrogen) atoms. The van der Waals surface area contributed by atoms with Crippen LogP contribution in [-0.4, -0.2) is 29.7 Å². The van der Waals surface area contributed by atoms with Gasteiger partial charge in [-0.15, -0.1) is 11.3 Å². The average molecular weight is 185 g/mol.